The van der Waals surface area contributed by atoms with Crippen LogP contribution in [0.15, 0.2) is 59.7 Å². The van der Waals surface area contributed by atoms with Gasteiger partial charge in [-0.2, -0.15) is 0 Å². The van der Waals surface area contributed by atoms with Crippen molar-refractivity contribution in [3.8, 4) is 0 Å². The quantitative estimate of drug-likeness (QED) is 0.674. The van der Waals surface area contributed by atoms with E-state index in [-0.39, 0.29) is 5.78 Å². The number of hydrogen-bond donors (Lipinski definition) is 1. The van der Waals surface area contributed by atoms with Crippen LogP contribution in [0, 0.1) is 0 Å². The molecule has 0 amide bonds. The number of nitrogens with one attached hydrogen (secondary N) is 1. The zero-order valence-electron chi connectivity index (χ0n) is 15.3. The Morgan fingerprint density at radius 1 is 0.667 bits per heavy atom. The summed E-state index contributed by atoms with van der Waals surface area (Å²) in [6, 6.07) is 16.9. The second kappa shape index (κ2) is 6.71. The maximum Gasteiger partial charge on any atom is 0.187 e. The standard InChI is InChI=1S/C23H23N3O/c27-23-19(13-17-1-5-21(6-2-17)25-9-10-25)15-24-16-20(23)14-18-3-7-22(8-4-18)26-11-12-26/h1-8,13-14,24H,9-12,15-16H2/b19-13+,20-14+. The Kier molecular flexibility index (Phi) is 4.06. The van der Waals surface area contributed by atoms with Crippen molar-refractivity contribution in [3.63, 3.8) is 0 Å². The highest BCUT2D eigenvalue weighted by Crippen LogP contribution is 2.24. The zero-order chi connectivity index (χ0) is 18.2. The number of rotatable bonds is 4. The van der Waals surface area contributed by atoms with Crippen LogP contribution in [0.1, 0.15) is 11.1 Å². The number of piperidine rings is 1. The molecule has 3 aliphatic rings. The van der Waals surface area contributed by atoms with E-state index in [4.69, 9.17) is 0 Å². The van der Waals surface area contributed by atoms with Crippen LogP contribution in [0.25, 0.3) is 12.2 Å². The Morgan fingerprint density at radius 3 is 1.44 bits per heavy atom. The van der Waals surface area contributed by atoms with Crippen molar-refractivity contribution in [1.82, 2.24) is 5.32 Å². The lowest BCUT2D eigenvalue weighted by molar-refractivity contribution is -0.112. The van der Waals surface area contributed by atoms with Gasteiger partial charge in [-0.05, 0) is 47.5 Å². The molecule has 2 aromatic carbocycles. The summed E-state index contributed by atoms with van der Waals surface area (Å²) in [6.07, 6.45) is 4.02. The fourth-order valence-electron chi connectivity index (χ4n) is 3.51. The third-order valence-corrected chi connectivity index (χ3v) is 5.31. The Labute approximate surface area is 159 Å². The first-order chi connectivity index (χ1) is 13.3. The normalized spacial score (nSPS) is 21.9. The molecule has 1 N–H and O–H groups in total. The van der Waals surface area contributed by atoms with Gasteiger partial charge in [0.25, 0.3) is 0 Å². The van der Waals surface area contributed by atoms with Crippen molar-refractivity contribution in [2.45, 2.75) is 0 Å². The van der Waals surface area contributed by atoms with Gasteiger partial charge < -0.3 is 15.1 Å². The number of benzene rings is 2. The lowest BCUT2D eigenvalue weighted by Gasteiger charge is -2.18. The largest absolute Gasteiger partial charge is 0.368 e. The summed E-state index contributed by atoms with van der Waals surface area (Å²) >= 11 is 0. The van der Waals surface area contributed by atoms with E-state index >= 15 is 0 Å². The van der Waals surface area contributed by atoms with Crippen LogP contribution in [-0.2, 0) is 4.79 Å². The average molecular weight is 357 g/mol. The van der Waals surface area contributed by atoms with Crippen LogP contribution in [0.5, 0.6) is 0 Å². The molecule has 27 heavy (non-hydrogen) atoms. The van der Waals surface area contributed by atoms with Gasteiger partial charge in [-0.25, -0.2) is 0 Å². The molecule has 3 heterocycles. The summed E-state index contributed by atoms with van der Waals surface area (Å²) < 4.78 is 0. The molecule has 0 bridgehead atoms. The molecule has 3 aliphatic heterocycles. The first-order valence-electron chi connectivity index (χ1n) is 9.63. The van der Waals surface area contributed by atoms with E-state index in [9.17, 15) is 4.79 Å². The molecule has 0 saturated carbocycles. The van der Waals surface area contributed by atoms with Crippen LogP contribution in [0.2, 0.25) is 0 Å². The first kappa shape index (κ1) is 16.3. The fourth-order valence-corrected chi connectivity index (χ4v) is 3.51. The molecule has 4 nitrogen and oxygen atoms in total. The summed E-state index contributed by atoms with van der Waals surface area (Å²) in [5, 5.41) is 3.36. The van der Waals surface area contributed by atoms with Gasteiger partial charge >= 0.3 is 0 Å². The lowest BCUT2D eigenvalue weighted by Crippen LogP contribution is -2.32. The number of Topliss-reactive ketones (excluding diaryl/α,β-unsaturated/α-hetero) is 1. The lowest BCUT2D eigenvalue weighted by atomic mass is 9.95. The second-order valence-corrected chi connectivity index (χ2v) is 7.43. The maximum absolute atomic E-state index is 12.9. The average Bonchev–Trinajstić information content (AvgIpc) is 3.58. The van der Waals surface area contributed by atoms with Gasteiger partial charge in [0.05, 0.1) is 0 Å². The summed E-state index contributed by atoms with van der Waals surface area (Å²) in [6.45, 7) is 5.84. The van der Waals surface area contributed by atoms with Gasteiger partial charge in [-0.15, -0.1) is 0 Å². The van der Waals surface area contributed by atoms with E-state index in [0.717, 1.165) is 48.5 Å². The molecule has 4 heteroatoms. The van der Waals surface area contributed by atoms with Gasteiger partial charge in [0.15, 0.2) is 5.78 Å². The van der Waals surface area contributed by atoms with Crippen LogP contribution < -0.4 is 15.1 Å². The molecular weight excluding hydrogens is 334 g/mol. The van der Waals surface area contributed by atoms with E-state index < -0.39 is 0 Å². The van der Waals surface area contributed by atoms with E-state index in [0.29, 0.717) is 13.1 Å². The number of ketones is 1. The predicted octanol–water partition coefficient (Wildman–Crippen LogP) is 2.97. The van der Waals surface area contributed by atoms with Gasteiger partial charge in [-0.3, -0.25) is 4.79 Å². The van der Waals surface area contributed by atoms with Crippen molar-refractivity contribution in [2.75, 3.05) is 49.1 Å². The minimum atomic E-state index is 0.152. The van der Waals surface area contributed by atoms with Gasteiger partial charge in [0.1, 0.15) is 0 Å². The minimum absolute atomic E-state index is 0.152. The molecule has 5 rings (SSSR count). The highest BCUT2D eigenvalue weighted by atomic mass is 16.1. The molecule has 0 atom stereocenters. The van der Waals surface area contributed by atoms with Crippen molar-refractivity contribution in [3.05, 3.63) is 70.8 Å². The van der Waals surface area contributed by atoms with Crippen LogP contribution in [0.4, 0.5) is 11.4 Å². The summed E-state index contributed by atoms with van der Waals surface area (Å²) in [5.41, 5.74) is 6.33. The molecule has 2 aromatic rings. The van der Waals surface area contributed by atoms with Crippen molar-refractivity contribution in [2.24, 2.45) is 0 Å². The predicted molar refractivity (Wildman–Crippen MR) is 111 cm³/mol. The van der Waals surface area contributed by atoms with Gasteiger partial charge in [0, 0.05) is 61.8 Å². The Bertz CT molecular complexity index is 842. The summed E-state index contributed by atoms with van der Waals surface area (Å²) in [7, 11) is 0. The molecule has 0 unspecified atom stereocenters. The topological polar surface area (TPSA) is 35.1 Å². The molecule has 136 valence electrons. The number of anilines is 2. The molecule has 0 spiro atoms. The maximum atomic E-state index is 12.9. The molecule has 0 aromatic heterocycles. The van der Waals surface area contributed by atoms with Crippen molar-refractivity contribution >= 4 is 29.3 Å². The highest BCUT2D eigenvalue weighted by Gasteiger charge is 2.21. The van der Waals surface area contributed by atoms with Gasteiger partial charge in [0.2, 0.25) is 0 Å². The Hall–Kier alpha value is -2.85. The van der Waals surface area contributed by atoms with Crippen LogP contribution >= 0.6 is 0 Å². The monoisotopic (exact) mass is 357 g/mol. The molecule has 3 saturated heterocycles. The third kappa shape index (κ3) is 3.67. The van der Waals surface area contributed by atoms with E-state index in [1.54, 1.807) is 0 Å². The number of carbonyl (C=O) groups is 1. The fraction of sp³-hybridized carbons (Fsp3) is 0.261. The summed E-state index contributed by atoms with van der Waals surface area (Å²) in [4.78, 5) is 17.5. The van der Waals surface area contributed by atoms with Crippen molar-refractivity contribution < 1.29 is 4.79 Å². The number of nitrogens with zero attached hydrogens (tertiary/aromatic N) is 2. The molecule has 0 radical (unpaired) electrons. The van der Waals surface area contributed by atoms with Crippen LogP contribution in [0.3, 0.4) is 0 Å². The SMILES string of the molecule is O=C1/C(=C/c2ccc(N3CC3)cc2)CNC/C1=C\c1ccc(N2CC2)cc1. The summed E-state index contributed by atoms with van der Waals surface area (Å²) in [5.74, 6) is 0.152. The Balaban J connectivity index is 1.34. The second-order valence-electron chi connectivity index (χ2n) is 7.43. The van der Waals surface area contributed by atoms with E-state index in [1.807, 2.05) is 12.2 Å². The molecule has 0 aliphatic carbocycles. The van der Waals surface area contributed by atoms with E-state index in [1.165, 1.54) is 11.4 Å². The van der Waals surface area contributed by atoms with E-state index in [2.05, 4.69) is 63.6 Å². The molecule has 3 fully saturated rings. The Morgan fingerprint density at radius 2 is 1.07 bits per heavy atom. The number of hydrogen-bond acceptors (Lipinski definition) is 4. The molecular formula is C23H23N3O. The minimum Gasteiger partial charge on any atom is -0.368 e. The first-order valence-corrected chi connectivity index (χ1v) is 9.63. The van der Waals surface area contributed by atoms with Crippen molar-refractivity contribution in [1.29, 1.82) is 0 Å². The van der Waals surface area contributed by atoms with Gasteiger partial charge in [-0.1, -0.05) is 24.3 Å². The van der Waals surface area contributed by atoms with Crippen LogP contribution in [-0.4, -0.2) is 45.1 Å². The zero-order valence-corrected chi connectivity index (χ0v) is 15.3. The number of carbonyl (C=O) groups excluding carboxylic acids is 1. The highest BCUT2D eigenvalue weighted by molar-refractivity contribution is 6.14. The third-order valence-electron chi connectivity index (χ3n) is 5.31. The smallest absolute Gasteiger partial charge is 0.187 e.